The highest BCUT2D eigenvalue weighted by molar-refractivity contribution is 6.09. The van der Waals surface area contributed by atoms with Gasteiger partial charge in [0.2, 0.25) is 11.9 Å². The standard InChI is InChI=1S/C21H20O6/c22-17-18(23)20(24)26-19(17)16-13-25-21(27-16,11-14-7-3-1-4-8-14)12-15-9-5-2-6-10-15/h1-10,16,18-19,23H,11-13H2/t16-,18?,19+/m0/s1. The van der Waals surface area contributed by atoms with Crippen LogP contribution in [-0.2, 0) is 36.6 Å². The molecule has 0 saturated carbocycles. The molecule has 6 heteroatoms. The van der Waals surface area contributed by atoms with Gasteiger partial charge in [-0.05, 0) is 11.1 Å². The third kappa shape index (κ3) is 3.64. The molecular formula is C21H20O6. The van der Waals surface area contributed by atoms with E-state index >= 15 is 0 Å². The van der Waals surface area contributed by atoms with Crippen LogP contribution in [0.5, 0.6) is 0 Å². The average molecular weight is 368 g/mol. The van der Waals surface area contributed by atoms with Gasteiger partial charge in [-0.1, -0.05) is 60.7 Å². The molecular weight excluding hydrogens is 348 g/mol. The summed E-state index contributed by atoms with van der Waals surface area (Å²) in [6.45, 7) is 0.107. The van der Waals surface area contributed by atoms with Crippen molar-refractivity contribution in [2.75, 3.05) is 6.61 Å². The van der Waals surface area contributed by atoms with Crippen molar-refractivity contribution in [3.05, 3.63) is 71.8 Å². The lowest BCUT2D eigenvalue weighted by Crippen LogP contribution is -2.40. The molecule has 2 fully saturated rings. The Morgan fingerprint density at radius 1 is 0.926 bits per heavy atom. The van der Waals surface area contributed by atoms with Gasteiger partial charge in [0.25, 0.3) is 0 Å². The molecule has 2 aliphatic heterocycles. The summed E-state index contributed by atoms with van der Waals surface area (Å²) in [6, 6.07) is 19.6. The van der Waals surface area contributed by atoms with E-state index in [1.807, 2.05) is 60.7 Å². The Labute approximate surface area is 156 Å². The average Bonchev–Trinajstić information content (AvgIpc) is 3.20. The van der Waals surface area contributed by atoms with E-state index in [1.165, 1.54) is 0 Å². The van der Waals surface area contributed by atoms with E-state index in [2.05, 4.69) is 0 Å². The lowest BCUT2D eigenvalue weighted by Gasteiger charge is -2.29. The largest absolute Gasteiger partial charge is 0.449 e. The minimum atomic E-state index is -1.74. The molecule has 3 atom stereocenters. The Bertz CT molecular complexity index is 778. The van der Waals surface area contributed by atoms with Crippen molar-refractivity contribution in [3.63, 3.8) is 0 Å². The number of hydrogen-bond acceptors (Lipinski definition) is 6. The minimum absolute atomic E-state index is 0.107. The number of ketones is 1. The lowest BCUT2D eigenvalue weighted by molar-refractivity contribution is -0.181. The molecule has 2 saturated heterocycles. The Hall–Kier alpha value is -2.54. The molecule has 27 heavy (non-hydrogen) atoms. The molecule has 140 valence electrons. The highest BCUT2D eigenvalue weighted by Crippen LogP contribution is 2.34. The summed E-state index contributed by atoms with van der Waals surface area (Å²) in [7, 11) is 0. The van der Waals surface area contributed by atoms with Gasteiger partial charge < -0.3 is 19.3 Å². The number of carbonyl (C=O) groups is 2. The summed E-state index contributed by atoms with van der Waals surface area (Å²) in [5, 5.41) is 9.58. The van der Waals surface area contributed by atoms with Gasteiger partial charge in [0.05, 0.1) is 6.61 Å². The summed E-state index contributed by atoms with van der Waals surface area (Å²) in [6.07, 6.45) is -2.66. The van der Waals surface area contributed by atoms with E-state index in [-0.39, 0.29) is 6.61 Å². The highest BCUT2D eigenvalue weighted by Gasteiger charge is 2.53. The van der Waals surface area contributed by atoms with Crippen LogP contribution in [0, 0.1) is 0 Å². The van der Waals surface area contributed by atoms with Gasteiger partial charge in [-0.3, -0.25) is 4.79 Å². The number of esters is 1. The molecule has 0 amide bonds. The molecule has 1 N–H and O–H groups in total. The first kappa shape index (κ1) is 17.9. The predicted octanol–water partition coefficient (Wildman–Crippen LogP) is 1.44. The number of benzene rings is 2. The summed E-state index contributed by atoms with van der Waals surface area (Å²) in [5.74, 6) is -2.59. The maximum atomic E-state index is 12.1. The molecule has 0 aromatic heterocycles. The number of aliphatic hydroxyl groups excluding tert-OH is 1. The number of hydrogen-bond donors (Lipinski definition) is 1. The quantitative estimate of drug-likeness (QED) is 0.635. The van der Waals surface area contributed by atoms with Crippen LogP contribution in [0.15, 0.2) is 60.7 Å². The Balaban J connectivity index is 1.58. The fourth-order valence-corrected chi connectivity index (χ4v) is 3.57. The van der Waals surface area contributed by atoms with Crippen LogP contribution < -0.4 is 0 Å². The smallest absolute Gasteiger partial charge is 0.343 e. The van der Waals surface area contributed by atoms with E-state index in [9.17, 15) is 14.7 Å². The van der Waals surface area contributed by atoms with Crippen LogP contribution in [0.4, 0.5) is 0 Å². The SMILES string of the molecule is O=C1O[C@H]([C@@H]2COC(Cc3ccccc3)(Cc3ccccc3)O2)C(=O)C1O. The first-order chi connectivity index (χ1) is 13.1. The number of cyclic esters (lactones) is 1. The number of aliphatic hydroxyl groups is 1. The van der Waals surface area contributed by atoms with Crippen molar-refractivity contribution in [2.45, 2.75) is 36.9 Å². The van der Waals surface area contributed by atoms with Crippen LogP contribution in [0.2, 0.25) is 0 Å². The monoisotopic (exact) mass is 368 g/mol. The number of carbonyl (C=O) groups excluding carboxylic acids is 2. The van der Waals surface area contributed by atoms with Crippen LogP contribution >= 0.6 is 0 Å². The van der Waals surface area contributed by atoms with Crippen molar-refractivity contribution in [1.29, 1.82) is 0 Å². The normalized spacial score (nSPS) is 26.9. The van der Waals surface area contributed by atoms with Crippen molar-refractivity contribution in [1.82, 2.24) is 0 Å². The number of ether oxygens (including phenoxy) is 3. The zero-order chi connectivity index (χ0) is 18.9. The van der Waals surface area contributed by atoms with Crippen molar-refractivity contribution in [2.24, 2.45) is 0 Å². The molecule has 2 aromatic carbocycles. The fraction of sp³-hybridized carbons (Fsp3) is 0.333. The fourth-order valence-electron chi connectivity index (χ4n) is 3.57. The van der Waals surface area contributed by atoms with Gasteiger partial charge in [-0.15, -0.1) is 0 Å². The zero-order valence-corrected chi connectivity index (χ0v) is 14.6. The third-order valence-electron chi connectivity index (χ3n) is 4.86. The molecule has 0 bridgehead atoms. The van der Waals surface area contributed by atoms with Gasteiger partial charge in [-0.25, -0.2) is 4.79 Å². The van der Waals surface area contributed by atoms with Gasteiger partial charge in [0, 0.05) is 12.8 Å². The molecule has 6 nitrogen and oxygen atoms in total. The van der Waals surface area contributed by atoms with E-state index in [0.29, 0.717) is 12.8 Å². The molecule has 0 spiro atoms. The second-order valence-electron chi connectivity index (χ2n) is 6.87. The van der Waals surface area contributed by atoms with Gasteiger partial charge in [-0.2, -0.15) is 0 Å². The summed E-state index contributed by atoms with van der Waals surface area (Å²) in [5.41, 5.74) is 2.06. The Morgan fingerprint density at radius 3 is 1.96 bits per heavy atom. The second-order valence-corrected chi connectivity index (χ2v) is 6.87. The first-order valence-corrected chi connectivity index (χ1v) is 8.88. The van der Waals surface area contributed by atoms with Crippen molar-refractivity contribution in [3.8, 4) is 0 Å². The molecule has 0 radical (unpaired) electrons. The molecule has 2 heterocycles. The van der Waals surface area contributed by atoms with Crippen molar-refractivity contribution < 1.29 is 28.9 Å². The maximum Gasteiger partial charge on any atom is 0.343 e. The van der Waals surface area contributed by atoms with Gasteiger partial charge >= 0.3 is 5.97 Å². The van der Waals surface area contributed by atoms with Crippen molar-refractivity contribution >= 4 is 11.8 Å². The number of Topliss-reactive ketones (excluding diaryl/α,β-unsaturated/α-hetero) is 1. The zero-order valence-electron chi connectivity index (χ0n) is 14.6. The molecule has 1 unspecified atom stereocenters. The Morgan fingerprint density at radius 2 is 1.48 bits per heavy atom. The number of rotatable bonds is 5. The van der Waals surface area contributed by atoms with Crippen LogP contribution in [-0.4, -0.2) is 47.6 Å². The molecule has 2 aromatic rings. The molecule has 4 rings (SSSR count). The molecule has 2 aliphatic rings. The predicted molar refractivity (Wildman–Crippen MR) is 94.7 cm³/mol. The van der Waals surface area contributed by atoms with E-state index in [0.717, 1.165) is 11.1 Å². The van der Waals surface area contributed by atoms with Gasteiger partial charge in [0.1, 0.15) is 6.10 Å². The van der Waals surface area contributed by atoms with Crippen LogP contribution in [0.25, 0.3) is 0 Å². The lowest BCUT2D eigenvalue weighted by atomic mass is 9.97. The first-order valence-electron chi connectivity index (χ1n) is 8.88. The second kappa shape index (κ2) is 7.23. The maximum absolute atomic E-state index is 12.1. The van der Waals surface area contributed by atoms with E-state index in [4.69, 9.17) is 14.2 Å². The Kier molecular flexibility index (Phi) is 4.78. The minimum Gasteiger partial charge on any atom is -0.449 e. The topological polar surface area (TPSA) is 82.1 Å². The third-order valence-corrected chi connectivity index (χ3v) is 4.86. The van der Waals surface area contributed by atoms with E-state index in [1.54, 1.807) is 0 Å². The van der Waals surface area contributed by atoms with Gasteiger partial charge in [0.15, 0.2) is 11.9 Å². The van der Waals surface area contributed by atoms with Crippen LogP contribution in [0.3, 0.4) is 0 Å². The summed E-state index contributed by atoms with van der Waals surface area (Å²) >= 11 is 0. The molecule has 0 aliphatic carbocycles. The van der Waals surface area contributed by atoms with E-state index < -0.39 is 35.9 Å². The summed E-state index contributed by atoms with van der Waals surface area (Å²) < 4.78 is 17.2. The van der Waals surface area contributed by atoms with Crippen LogP contribution in [0.1, 0.15) is 11.1 Å². The highest BCUT2D eigenvalue weighted by atomic mass is 16.8. The summed E-state index contributed by atoms with van der Waals surface area (Å²) in [4.78, 5) is 23.6.